The van der Waals surface area contributed by atoms with Crippen molar-refractivity contribution >= 4 is 28.6 Å². The zero-order chi connectivity index (χ0) is 30.5. The number of amides is 2. The minimum atomic E-state index is -0.972. The lowest BCUT2D eigenvalue weighted by Gasteiger charge is -2.34. The number of nitrogens with two attached hydrogens (primary N) is 1. The fraction of sp³-hybridized carbons (Fsp3) is 0.206. The van der Waals surface area contributed by atoms with Gasteiger partial charge in [0.05, 0.1) is 21.0 Å². The van der Waals surface area contributed by atoms with E-state index in [9.17, 15) is 18.4 Å². The van der Waals surface area contributed by atoms with Crippen LogP contribution in [0.5, 0.6) is 0 Å². The molecule has 1 saturated heterocycles. The number of nitrogen functional groups attached to an aromatic ring is 1. The number of pyridine rings is 1. The Morgan fingerprint density at radius 2 is 1.77 bits per heavy atom. The van der Waals surface area contributed by atoms with Crippen molar-refractivity contribution in [2.75, 3.05) is 18.8 Å². The maximum absolute atomic E-state index is 13.8. The third kappa shape index (κ3) is 5.34. The first-order valence-electron chi connectivity index (χ1n) is 14.6. The number of anilines is 1. The van der Waals surface area contributed by atoms with Crippen molar-refractivity contribution in [3.63, 3.8) is 0 Å². The predicted octanol–water partition coefficient (Wildman–Crippen LogP) is 6.10. The lowest BCUT2D eigenvalue weighted by atomic mass is 9.96. The molecule has 2 atom stereocenters. The van der Waals surface area contributed by atoms with Crippen LogP contribution >= 0.6 is 0 Å². The largest absolute Gasteiger partial charge is 0.459 e. The van der Waals surface area contributed by atoms with Gasteiger partial charge in [-0.3, -0.25) is 9.59 Å². The number of carbonyl (C=O) groups is 2. The minimum Gasteiger partial charge on any atom is -0.459 e. The molecular formula is C34H28F2N4O3. The molecule has 7 rings (SSSR count). The van der Waals surface area contributed by atoms with Gasteiger partial charge in [0.15, 0.2) is 0 Å². The summed E-state index contributed by atoms with van der Waals surface area (Å²) in [4.78, 5) is 31.1. The number of aromatic nitrogens is 1. The third-order valence-electron chi connectivity index (χ3n) is 8.12. The fourth-order valence-electron chi connectivity index (χ4n) is 5.59. The minimum absolute atomic E-state index is 0.0425. The van der Waals surface area contributed by atoms with Gasteiger partial charge in [-0.15, -0.1) is 0 Å². The molecular weight excluding hydrogens is 550 g/mol. The number of fused-ring (bicyclic) bond motifs is 1. The van der Waals surface area contributed by atoms with Crippen molar-refractivity contribution in [2.24, 2.45) is 5.92 Å². The molecule has 0 spiro atoms. The van der Waals surface area contributed by atoms with E-state index in [1.807, 2.05) is 30.3 Å². The summed E-state index contributed by atoms with van der Waals surface area (Å²) in [6.07, 6.45) is 1.43. The molecule has 3 N–H and O–H groups in total. The summed E-state index contributed by atoms with van der Waals surface area (Å²) >= 11 is 0. The number of alkyl halides is 1. The molecule has 2 fully saturated rings. The molecule has 1 aliphatic heterocycles. The zero-order valence-corrected chi connectivity index (χ0v) is 23.0. The maximum Gasteiger partial charge on any atom is 0.254 e. The van der Waals surface area contributed by atoms with E-state index in [2.05, 4.69) is 10.3 Å². The molecule has 43 heavy (non-hydrogen) atoms. The Bertz CT molecular complexity index is 1890. The maximum atomic E-state index is 13.8. The quantitative estimate of drug-likeness (QED) is 0.243. The van der Waals surface area contributed by atoms with E-state index in [1.165, 1.54) is 17.0 Å². The van der Waals surface area contributed by atoms with Gasteiger partial charge in [0, 0.05) is 28.6 Å². The number of furan rings is 1. The molecule has 9 heteroatoms. The highest BCUT2D eigenvalue weighted by Gasteiger charge is 2.44. The van der Waals surface area contributed by atoms with Gasteiger partial charge in [0.25, 0.3) is 5.91 Å². The van der Waals surface area contributed by atoms with E-state index in [0.29, 0.717) is 45.7 Å². The monoisotopic (exact) mass is 579 g/mol. The Labute approximate surface area is 247 Å². The van der Waals surface area contributed by atoms with E-state index < -0.39 is 6.17 Å². The van der Waals surface area contributed by atoms with Gasteiger partial charge >= 0.3 is 0 Å². The van der Waals surface area contributed by atoms with E-state index in [1.54, 1.807) is 36.5 Å². The molecule has 5 aromatic rings. The first-order valence-corrected chi connectivity index (χ1v) is 14.1. The molecule has 3 heterocycles. The highest BCUT2D eigenvalue weighted by Crippen LogP contribution is 2.47. The number of halogens is 2. The summed E-state index contributed by atoms with van der Waals surface area (Å²) < 4.78 is 42.1. The van der Waals surface area contributed by atoms with E-state index >= 15 is 0 Å². The summed E-state index contributed by atoms with van der Waals surface area (Å²) in [5.74, 6) is -0.0869. The molecule has 1 saturated carbocycles. The van der Waals surface area contributed by atoms with Crippen LogP contribution in [-0.4, -0.2) is 41.0 Å². The summed E-state index contributed by atoms with van der Waals surface area (Å²) in [5, 5.41) is 3.46. The van der Waals surface area contributed by atoms with E-state index in [4.69, 9.17) is 11.5 Å². The van der Waals surface area contributed by atoms with Crippen LogP contribution in [0, 0.1) is 11.7 Å². The molecule has 1 aliphatic carbocycles. The number of carbonyl (C=O) groups excluding carboxylic acids is 2. The molecule has 216 valence electrons. The SMILES string of the molecule is [2H]c1c(CNC(=O)[C@H]2C[C@@H]2c2ccc(N)nc2)oc2c(-c3ccc(F)cc3)cc(-c3ccc(C(=O)N4CC(F)C4)cc3)cc12. The van der Waals surface area contributed by atoms with Gasteiger partial charge in [-0.05, 0) is 83.1 Å². The number of nitrogens with one attached hydrogen (secondary N) is 1. The molecule has 0 radical (unpaired) electrons. The summed E-state index contributed by atoms with van der Waals surface area (Å²) in [6, 6.07) is 20.5. The number of benzene rings is 3. The second-order valence-electron chi connectivity index (χ2n) is 11.1. The lowest BCUT2D eigenvalue weighted by Crippen LogP contribution is -2.51. The van der Waals surface area contributed by atoms with Gasteiger partial charge in [-0.1, -0.05) is 30.3 Å². The predicted molar refractivity (Wildman–Crippen MR) is 159 cm³/mol. The average molecular weight is 580 g/mol. The molecule has 2 aromatic heterocycles. The van der Waals surface area contributed by atoms with Crippen LogP contribution in [0.15, 0.2) is 89.5 Å². The Balaban J connectivity index is 1.17. The second kappa shape index (κ2) is 10.7. The van der Waals surface area contributed by atoms with Crippen LogP contribution in [0.2, 0.25) is 0 Å². The summed E-state index contributed by atoms with van der Waals surface area (Å²) in [7, 11) is 0. The van der Waals surface area contributed by atoms with Gasteiger partial charge in [0.2, 0.25) is 5.91 Å². The highest BCUT2D eigenvalue weighted by atomic mass is 19.1. The van der Waals surface area contributed by atoms with Crippen molar-refractivity contribution in [1.29, 1.82) is 0 Å². The normalized spacial score (nSPS) is 18.3. The van der Waals surface area contributed by atoms with Crippen LogP contribution in [0.25, 0.3) is 33.2 Å². The van der Waals surface area contributed by atoms with E-state index in [0.717, 1.165) is 16.7 Å². The van der Waals surface area contributed by atoms with Gasteiger partial charge < -0.3 is 20.4 Å². The van der Waals surface area contributed by atoms with Crippen LogP contribution in [0.3, 0.4) is 0 Å². The first-order chi connectivity index (χ1) is 21.2. The molecule has 7 nitrogen and oxygen atoms in total. The van der Waals surface area contributed by atoms with Crippen LogP contribution in [-0.2, 0) is 11.3 Å². The first kappa shape index (κ1) is 25.6. The number of likely N-dealkylation sites (tertiary alicyclic amines) is 1. The van der Waals surface area contributed by atoms with Crippen LogP contribution < -0.4 is 11.1 Å². The van der Waals surface area contributed by atoms with E-state index in [-0.39, 0.29) is 55.1 Å². The summed E-state index contributed by atoms with van der Waals surface area (Å²) in [5.41, 5.74) is 10.5. The van der Waals surface area contributed by atoms with Crippen LogP contribution in [0.1, 0.15) is 35.4 Å². The second-order valence-corrected chi connectivity index (χ2v) is 11.1. The van der Waals surface area contributed by atoms with Crippen molar-refractivity contribution < 1.29 is 24.2 Å². The highest BCUT2D eigenvalue weighted by molar-refractivity contribution is 5.98. The number of hydrogen-bond donors (Lipinski definition) is 2. The van der Waals surface area contributed by atoms with Crippen molar-refractivity contribution in [3.05, 3.63) is 108 Å². The van der Waals surface area contributed by atoms with Gasteiger partial charge in [-0.25, -0.2) is 13.8 Å². The van der Waals surface area contributed by atoms with Crippen LogP contribution in [0.4, 0.5) is 14.6 Å². The van der Waals surface area contributed by atoms with Gasteiger partial charge in [-0.2, -0.15) is 0 Å². The molecule has 0 unspecified atom stereocenters. The Kier molecular flexibility index (Phi) is 6.35. The Morgan fingerprint density at radius 1 is 1.02 bits per heavy atom. The summed E-state index contributed by atoms with van der Waals surface area (Å²) in [6.45, 7) is 0.255. The van der Waals surface area contributed by atoms with Crippen molar-refractivity contribution in [2.45, 2.75) is 25.1 Å². The third-order valence-corrected chi connectivity index (χ3v) is 8.12. The fourth-order valence-corrected chi connectivity index (χ4v) is 5.59. The Morgan fingerprint density at radius 3 is 2.47 bits per heavy atom. The lowest BCUT2D eigenvalue weighted by molar-refractivity contribution is -0.122. The topological polar surface area (TPSA) is 101 Å². The number of hydrogen-bond acceptors (Lipinski definition) is 5. The Hall–Kier alpha value is -5.05. The molecule has 2 aliphatic rings. The molecule has 3 aromatic carbocycles. The standard InChI is InChI=1S/C34H28F2N4O3/c35-25-8-5-20(6-9-25)29-13-23(19-1-3-21(4-2-19)34(42)40-17-26(36)18-40)11-24-12-27(43-32(24)29)16-39-33(41)30-14-28(30)22-7-10-31(37)38-15-22/h1-13,15,26,28,30H,14,16-18H2,(H2,37,38)(H,39,41)/t28-,30+/m1/s1/i12D. The smallest absolute Gasteiger partial charge is 0.254 e. The zero-order valence-electron chi connectivity index (χ0n) is 24.0. The number of nitrogens with zero attached hydrogens (tertiary/aromatic N) is 2. The molecule has 2 amide bonds. The van der Waals surface area contributed by atoms with Crippen molar-refractivity contribution in [3.8, 4) is 22.3 Å². The average Bonchev–Trinajstić information content (AvgIpc) is 3.76. The van der Waals surface area contributed by atoms with Crippen molar-refractivity contribution in [1.82, 2.24) is 15.2 Å². The molecule has 0 bridgehead atoms. The van der Waals surface area contributed by atoms with Gasteiger partial charge in [0.1, 0.15) is 29.2 Å². The number of rotatable bonds is 7.